The molecule has 2 aliphatic rings. The molecule has 0 saturated heterocycles. The molecule has 2 aliphatic carbocycles. The Morgan fingerprint density at radius 1 is 0.681 bits per heavy atom. The highest BCUT2D eigenvalue weighted by Gasteiger charge is 2.51. The van der Waals surface area contributed by atoms with E-state index in [2.05, 4.69) is 66.7 Å². The molecule has 6 nitrogen and oxygen atoms in total. The minimum atomic E-state index is -0.649. The molecule has 2 N–H and O–H groups in total. The number of hydrogen-bond donors (Lipinski definition) is 1. The van der Waals surface area contributed by atoms with Crippen molar-refractivity contribution >= 4 is 27.7 Å². The third kappa shape index (κ3) is 5.72. The van der Waals surface area contributed by atoms with Crippen molar-refractivity contribution in [3.05, 3.63) is 119 Å². The molecule has 6 heteroatoms. The summed E-state index contributed by atoms with van der Waals surface area (Å²) in [5, 5.41) is 2.27. The first-order valence-corrected chi connectivity index (χ1v) is 17.4. The van der Waals surface area contributed by atoms with Gasteiger partial charge >= 0.3 is 0 Å². The summed E-state index contributed by atoms with van der Waals surface area (Å²) >= 11 is 0. The van der Waals surface area contributed by atoms with Gasteiger partial charge in [0.25, 0.3) is 0 Å². The van der Waals surface area contributed by atoms with Gasteiger partial charge in [0.1, 0.15) is 0 Å². The molecule has 47 heavy (non-hydrogen) atoms. The summed E-state index contributed by atoms with van der Waals surface area (Å²) in [5.41, 5.74) is 11.6. The van der Waals surface area contributed by atoms with Gasteiger partial charge in [-0.25, -0.2) is 0 Å². The van der Waals surface area contributed by atoms with Crippen LogP contribution in [0.1, 0.15) is 85.2 Å². The second-order valence-corrected chi connectivity index (χ2v) is 13.3. The van der Waals surface area contributed by atoms with Crippen molar-refractivity contribution in [3.8, 4) is 0 Å². The predicted octanol–water partition coefficient (Wildman–Crippen LogP) is 8.43. The van der Waals surface area contributed by atoms with Gasteiger partial charge in [-0.1, -0.05) is 66.7 Å². The predicted molar refractivity (Wildman–Crippen MR) is 187 cm³/mol. The smallest absolute Gasteiger partial charge is 0.249 e. The molecule has 3 aromatic carbocycles. The molecule has 2 fully saturated rings. The van der Waals surface area contributed by atoms with E-state index in [4.69, 9.17) is 25.2 Å². The summed E-state index contributed by atoms with van der Waals surface area (Å²) in [7, 11) is 0. The van der Waals surface area contributed by atoms with Gasteiger partial charge in [-0.15, -0.1) is 0 Å². The van der Waals surface area contributed by atoms with Crippen molar-refractivity contribution in [3.63, 3.8) is 0 Å². The number of carbonyl (C=O) groups is 1. The first-order chi connectivity index (χ1) is 23.0. The summed E-state index contributed by atoms with van der Waals surface area (Å²) in [6.45, 7) is 5.17. The lowest BCUT2D eigenvalue weighted by Crippen LogP contribution is -2.41. The average Bonchev–Trinajstić information content (AvgIpc) is 3.68. The summed E-state index contributed by atoms with van der Waals surface area (Å²) in [6, 6.07) is 31.3. The maximum Gasteiger partial charge on any atom is 0.249 e. The van der Waals surface area contributed by atoms with Crippen LogP contribution in [0, 0.1) is 11.8 Å². The Kier molecular flexibility index (Phi) is 8.82. The highest BCUT2D eigenvalue weighted by molar-refractivity contribution is 5.96. The lowest BCUT2D eigenvalue weighted by atomic mass is 9.73. The van der Waals surface area contributed by atoms with Crippen LogP contribution in [0.25, 0.3) is 21.8 Å². The number of benzene rings is 3. The van der Waals surface area contributed by atoms with E-state index in [1.54, 1.807) is 0 Å². The fourth-order valence-electron chi connectivity index (χ4n) is 8.86. The van der Waals surface area contributed by atoms with E-state index in [0.29, 0.717) is 18.8 Å². The molecule has 0 bridgehead atoms. The van der Waals surface area contributed by atoms with Gasteiger partial charge in [-0.2, -0.15) is 0 Å². The molecule has 4 atom stereocenters. The normalized spacial score (nSPS) is 24.3. The largest absolute Gasteiger partial charge is 0.370 e. The molecule has 5 aromatic rings. The Bertz CT molecular complexity index is 1780. The van der Waals surface area contributed by atoms with E-state index < -0.39 is 17.1 Å². The van der Waals surface area contributed by atoms with Crippen LogP contribution >= 0.6 is 0 Å². The number of fused-ring (bicyclic) bond motifs is 2. The minimum absolute atomic E-state index is 0.147. The quantitative estimate of drug-likeness (QED) is 0.159. The standard InChI is InChI=1S/C41H45N3O3/c1-3-46-40(24-10-14-30(40)26-32-22-20-28-12-5-7-18-36(28)43-32)34-16-9-17-35(38(34)39(42)45)41(47-4-2)25-11-15-31(41)27-33-23-21-29-13-6-8-19-37(29)44-33/h5-9,12-13,16-23,30-31H,3-4,10-11,14-15,24-27H2,1-2H3,(H2,42,45). The van der Waals surface area contributed by atoms with Gasteiger partial charge < -0.3 is 15.2 Å². The van der Waals surface area contributed by atoms with Crippen LogP contribution in [0.3, 0.4) is 0 Å². The van der Waals surface area contributed by atoms with Gasteiger partial charge in [0.05, 0.1) is 27.8 Å². The number of aromatic nitrogens is 2. The number of nitrogens with two attached hydrogens (primary N) is 1. The van der Waals surface area contributed by atoms with Gasteiger partial charge in [-0.05, 0) is 112 Å². The number of rotatable bonds is 11. The van der Waals surface area contributed by atoms with Crippen molar-refractivity contribution in [1.29, 1.82) is 0 Å². The Balaban J connectivity index is 1.30. The molecular formula is C41H45N3O3. The molecule has 2 heterocycles. The zero-order valence-electron chi connectivity index (χ0n) is 27.6. The summed E-state index contributed by atoms with van der Waals surface area (Å²) in [5.74, 6) is -0.125. The van der Waals surface area contributed by atoms with Crippen molar-refractivity contribution in [2.45, 2.75) is 76.4 Å². The summed E-state index contributed by atoms with van der Waals surface area (Å²) in [6.07, 6.45) is 7.18. The molecule has 2 aromatic heterocycles. The number of ether oxygens (including phenoxy) is 2. The number of carbonyl (C=O) groups excluding carboxylic acids is 1. The third-order valence-corrected chi connectivity index (χ3v) is 10.8. The van der Waals surface area contributed by atoms with E-state index in [-0.39, 0.29) is 11.8 Å². The minimum Gasteiger partial charge on any atom is -0.370 e. The maximum atomic E-state index is 13.8. The second kappa shape index (κ2) is 13.2. The molecule has 7 rings (SSSR count). The highest BCUT2D eigenvalue weighted by Crippen LogP contribution is 2.54. The first kappa shape index (κ1) is 31.5. The van der Waals surface area contributed by atoms with Gasteiger partial charge in [0.15, 0.2) is 0 Å². The number of nitrogens with zero attached hydrogens (tertiary/aromatic N) is 2. The van der Waals surface area contributed by atoms with Crippen molar-refractivity contribution in [2.75, 3.05) is 13.2 Å². The van der Waals surface area contributed by atoms with Crippen molar-refractivity contribution in [2.24, 2.45) is 17.6 Å². The van der Waals surface area contributed by atoms with Gasteiger partial charge in [0.2, 0.25) is 5.91 Å². The van der Waals surface area contributed by atoms with Crippen LogP contribution in [0.5, 0.6) is 0 Å². The number of amides is 1. The number of hydrogen-bond acceptors (Lipinski definition) is 5. The Hall–Kier alpha value is -4.13. The molecule has 0 radical (unpaired) electrons. The van der Waals surface area contributed by atoms with Crippen LogP contribution in [0.15, 0.2) is 91.0 Å². The molecular weight excluding hydrogens is 582 g/mol. The maximum absolute atomic E-state index is 13.8. The molecule has 242 valence electrons. The van der Waals surface area contributed by atoms with Crippen molar-refractivity contribution < 1.29 is 14.3 Å². The molecule has 0 spiro atoms. The molecule has 2 saturated carbocycles. The topological polar surface area (TPSA) is 87.3 Å². The molecule has 4 unspecified atom stereocenters. The Labute approximate surface area is 277 Å². The van der Waals surface area contributed by atoms with E-state index in [1.165, 1.54) is 0 Å². The van der Waals surface area contributed by atoms with E-state index in [0.717, 1.165) is 95.7 Å². The zero-order chi connectivity index (χ0) is 32.4. The lowest BCUT2D eigenvalue weighted by Gasteiger charge is -2.41. The zero-order valence-corrected chi connectivity index (χ0v) is 27.6. The number of pyridine rings is 2. The van der Waals surface area contributed by atoms with Crippen LogP contribution in [0.2, 0.25) is 0 Å². The molecule has 1 amide bonds. The van der Waals surface area contributed by atoms with Crippen LogP contribution < -0.4 is 5.73 Å². The van der Waals surface area contributed by atoms with E-state index in [9.17, 15) is 4.79 Å². The van der Waals surface area contributed by atoms with Gasteiger partial charge in [0, 0.05) is 35.4 Å². The van der Waals surface area contributed by atoms with Crippen LogP contribution in [0.4, 0.5) is 0 Å². The lowest BCUT2D eigenvalue weighted by molar-refractivity contribution is -0.0791. The SMILES string of the molecule is CCOC1(c2cccc(C3(OCC)CCCC3Cc3ccc4ccccc4n3)c2C(N)=O)CCCC1Cc1ccc2ccccc2n1. The fraction of sp³-hybridized carbons (Fsp3) is 0.390. The monoisotopic (exact) mass is 627 g/mol. The first-order valence-electron chi connectivity index (χ1n) is 17.4. The van der Waals surface area contributed by atoms with Crippen LogP contribution in [-0.4, -0.2) is 29.1 Å². The van der Waals surface area contributed by atoms with Gasteiger partial charge in [-0.3, -0.25) is 14.8 Å². The summed E-state index contributed by atoms with van der Waals surface area (Å²) < 4.78 is 13.7. The van der Waals surface area contributed by atoms with E-state index >= 15 is 0 Å². The van der Waals surface area contributed by atoms with Crippen molar-refractivity contribution in [1.82, 2.24) is 9.97 Å². The summed E-state index contributed by atoms with van der Waals surface area (Å²) in [4.78, 5) is 23.8. The number of para-hydroxylation sites is 2. The third-order valence-electron chi connectivity index (χ3n) is 10.8. The fourth-order valence-corrected chi connectivity index (χ4v) is 8.86. The average molecular weight is 628 g/mol. The second-order valence-electron chi connectivity index (χ2n) is 13.3. The highest BCUT2D eigenvalue weighted by atomic mass is 16.5. The Morgan fingerprint density at radius 3 is 1.60 bits per heavy atom. The van der Waals surface area contributed by atoms with Crippen LogP contribution in [-0.2, 0) is 33.5 Å². The molecule has 0 aliphatic heterocycles. The Morgan fingerprint density at radius 2 is 1.15 bits per heavy atom. The van der Waals surface area contributed by atoms with E-state index in [1.807, 2.05) is 38.1 Å². The number of primary amides is 1.